The van der Waals surface area contributed by atoms with E-state index >= 15 is 0 Å². The first-order valence-corrected chi connectivity index (χ1v) is 9.49. The van der Waals surface area contributed by atoms with E-state index < -0.39 is 5.60 Å². The number of unbranched alkanes of at least 4 members (excludes halogenated alkanes) is 1. The number of ether oxygens (including phenoxy) is 2. The van der Waals surface area contributed by atoms with Gasteiger partial charge in [-0.05, 0) is 58.7 Å². The maximum Gasteiger partial charge on any atom is 0.407 e. The highest BCUT2D eigenvalue weighted by atomic mass is 16.6. The molecule has 0 saturated carbocycles. The van der Waals surface area contributed by atoms with Crippen molar-refractivity contribution in [2.75, 3.05) is 26.2 Å². The van der Waals surface area contributed by atoms with Crippen molar-refractivity contribution in [3.63, 3.8) is 0 Å². The minimum atomic E-state index is -0.468. The molecule has 0 spiro atoms. The van der Waals surface area contributed by atoms with E-state index in [1.807, 2.05) is 51.1 Å². The van der Waals surface area contributed by atoms with Crippen molar-refractivity contribution < 1.29 is 19.1 Å². The Bertz CT molecular complexity index is 544. The van der Waals surface area contributed by atoms with Crippen molar-refractivity contribution in [3.8, 4) is 0 Å². The quantitative estimate of drug-likeness (QED) is 0.514. The van der Waals surface area contributed by atoms with Crippen molar-refractivity contribution in [3.05, 3.63) is 35.9 Å². The lowest BCUT2D eigenvalue weighted by Crippen LogP contribution is -2.34. The molecule has 7 heteroatoms. The van der Waals surface area contributed by atoms with Crippen LogP contribution in [0, 0.1) is 0 Å². The number of carbonyl (C=O) groups excluding carboxylic acids is 2. The molecular formula is C20H33N3O4. The maximum absolute atomic E-state index is 11.6. The third-order valence-corrected chi connectivity index (χ3v) is 3.46. The zero-order valence-electron chi connectivity index (χ0n) is 16.7. The van der Waals surface area contributed by atoms with Gasteiger partial charge < -0.3 is 25.4 Å². The van der Waals surface area contributed by atoms with Crippen LogP contribution in [0.2, 0.25) is 0 Å². The third-order valence-electron chi connectivity index (χ3n) is 3.46. The number of rotatable bonds is 11. The van der Waals surface area contributed by atoms with Crippen LogP contribution in [0.1, 0.15) is 45.6 Å². The molecule has 0 fully saturated rings. The Hall–Kier alpha value is -2.28. The summed E-state index contributed by atoms with van der Waals surface area (Å²) in [5.74, 6) is 0. The van der Waals surface area contributed by atoms with Crippen molar-refractivity contribution in [1.29, 1.82) is 0 Å². The van der Waals surface area contributed by atoms with E-state index in [0.29, 0.717) is 13.1 Å². The van der Waals surface area contributed by atoms with Crippen LogP contribution < -0.4 is 16.0 Å². The normalized spacial score (nSPS) is 10.9. The first-order chi connectivity index (χ1) is 12.9. The lowest BCUT2D eigenvalue weighted by molar-refractivity contribution is 0.0527. The van der Waals surface area contributed by atoms with Gasteiger partial charge in [0.15, 0.2) is 0 Å². The van der Waals surface area contributed by atoms with Crippen LogP contribution >= 0.6 is 0 Å². The Labute approximate surface area is 162 Å². The molecule has 0 aliphatic carbocycles. The molecule has 27 heavy (non-hydrogen) atoms. The van der Waals surface area contributed by atoms with E-state index in [4.69, 9.17) is 9.47 Å². The van der Waals surface area contributed by atoms with Gasteiger partial charge in [0.2, 0.25) is 0 Å². The SMILES string of the molecule is CC(C)(C)OC(=O)NCCCNCCCCNC(=O)OCc1ccccc1. The number of amides is 2. The highest BCUT2D eigenvalue weighted by molar-refractivity contribution is 5.67. The van der Waals surface area contributed by atoms with Gasteiger partial charge in [-0.15, -0.1) is 0 Å². The summed E-state index contributed by atoms with van der Waals surface area (Å²) in [6, 6.07) is 9.59. The van der Waals surface area contributed by atoms with Crippen LogP contribution in [-0.2, 0) is 16.1 Å². The molecule has 1 rings (SSSR count). The summed E-state index contributed by atoms with van der Waals surface area (Å²) in [4.78, 5) is 23.0. The molecule has 0 bridgehead atoms. The van der Waals surface area contributed by atoms with Crippen LogP contribution in [0.4, 0.5) is 9.59 Å². The zero-order valence-corrected chi connectivity index (χ0v) is 16.7. The average molecular weight is 380 g/mol. The van der Waals surface area contributed by atoms with E-state index in [9.17, 15) is 9.59 Å². The number of benzene rings is 1. The molecule has 0 saturated heterocycles. The number of hydrogen-bond acceptors (Lipinski definition) is 5. The number of nitrogens with one attached hydrogen (secondary N) is 3. The molecule has 2 amide bonds. The highest BCUT2D eigenvalue weighted by Gasteiger charge is 2.15. The summed E-state index contributed by atoms with van der Waals surface area (Å²) < 4.78 is 10.3. The van der Waals surface area contributed by atoms with Crippen LogP contribution in [0.5, 0.6) is 0 Å². The van der Waals surface area contributed by atoms with Crippen LogP contribution in [0.3, 0.4) is 0 Å². The fourth-order valence-corrected chi connectivity index (χ4v) is 2.18. The van der Waals surface area contributed by atoms with Crippen LogP contribution in [0.25, 0.3) is 0 Å². The third kappa shape index (κ3) is 13.6. The van der Waals surface area contributed by atoms with Gasteiger partial charge in [0.25, 0.3) is 0 Å². The molecule has 0 aliphatic rings. The summed E-state index contributed by atoms with van der Waals surface area (Å²) in [7, 11) is 0. The summed E-state index contributed by atoms with van der Waals surface area (Å²) >= 11 is 0. The smallest absolute Gasteiger partial charge is 0.407 e. The van der Waals surface area contributed by atoms with Gasteiger partial charge in [-0.1, -0.05) is 30.3 Å². The van der Waals surface area contributed by atoms with Crippen molar-refractivity contribution in [2.45, 2.75) is 52.2 Å². The molecular weight excluding hydrogens is 346 g/mol. The molecule has 7 nitrogen and oxygen atoms in total. The lowest BCUT2D eigenvalue weighted by Gasteiger charge is -2.19. The molecule has 152 valence electrons. The van der Waals surface area contributed by atoms with Crippen molar-refractivity contribution in [1.82, 2.24) is 16.0 Å². The largest absolute Gasteiger partial charge is 0.445 e. The van der Waals surface area contributed by atoms with Gasteiger partial charge in [0, 0.05) is 13.1 Å². The predicted octanol–water partition coefficient (Wildman–Crippen LogP) is 3.20. The van der Waals surface area contributed by atoms with Gasteiger partial charge in [-0.2, -0.15) is 0 Å². The van der Waals surface area contributed by atoms with E-state index in [-0.39, 0.29) is 18.8 Å². The molecule has 0 unspecified atom stereocenters. The Morgan fingerprint density at radius 2 is 1.44 bits per heavy atom. The molecule has 0 atom stereocenters. The van der Waals surface area contributed by atoms with Crippen molar-refractivity contribution in [2.24, 2.45) is 0 Å². The summed E-state index contributed by atoms with van der Waals surface area (Å²) in [5, 5.41) is 8.77. The van der Waals surface area contributed by atoms with Gasteiger partial charge in [0.05, 0.1) is 0 Å². The fraction of sp³-hybridized carbons (Fsp3) is 0.600. The lowest BCUT2D eigenvalue weighted by atomic mass is 10.2. The van der Waals surface area contributed by atoms with E-state index in [2.05, 4.69) is 16.0 Å². The summed E-state index contributed by atoms with van der Waals surface area (Å²) in [6.45, 7) is 8.66. The summed E-state index contributed by atoms with van der Waals surface area (Å²) in [6.07, 6.45) is 1.90. The number of alkyl carbamates (subject to hydrolysis) is 2. The Kier molecular flexibility index (Phi) is 10.9. The van der Waals surface area contributed by atoms with Gasteiger partial charge >= 0.3 is 12.2 Å². The van der Waals surface area contributed by atoms with E-state index in [1.165, 1.54) is 0 Å². The maximum atomic E-state index is 11.6. The molecule has 0 radical (unpaired) electrons. The molecule has 1 aromatic rings. The van der Waals surface area contributed by atoms with E-state index in [1.54, 1.807) is 0 Å². The Balaban J connectivity index is 1.87. The van der Waals surface area contributed by atoms with Gasteiger partial charge in [0.1, 0.15) is 12.2 Å². The van der Waals surface area contributed by atoms with Gasteiger partial charge in [-0.25, -0.2) is 9.59 Å². The van der Waals surface area contributed by atoms with E-state index in [0.717, 1.165) is 37.9 Å². The second kappa shape index (κ2) is 13.0. The first-order valence-electron chi connectivity index (χ1n) is 9.49. The van der Waals surface area contributed by atoms with Gasteiger partial charge in [-0.3, -0.25) is 0 Å². The Morgan fingerprint density at radius 3 is 2.15 bits per heavy atom. The molecule has 3 N–H and O–H groups in total. The molecule has 0 aliphatic heterocycles. The molecule has 0 heterocycles. The Morgan fingerprint density at radius 1 is 0.852 bits per heavy atom. The molecule has 0 aromatic heterocycles. The number of hydrogen-bond donors (Lipinski definition) is 3. The monoisotopic (exact) mass is 379 g/mol. The van der Waals surface area contributed by atoms with Crippen LogP contribution in [0.15, 0.2) is 30.3 Å². The fourth-order valence-electron chi connectivity index (χ4n) is 2.18. The minimum Gasteiger partial charge on any atom is -0.445 e. The van der Waals surface area contributed by atoms with Crippen LogP contribution in [-0.4, -0.2) is 44.0 Å². The topological polar surface area (TPSA) is 88.7 Å². The minimum absolute atomic E-state index is 0.283. The average Bonchev–Trinajstić information content (AvgIpc) is 2.61. The molecule has 1 aromatic carbocycles. The zero-order chi connectivity index (χ0) is 20.0. The standard InChI is InChI=1S/C20H33N3O4/c1-20(2,3)27-19(25)23-15-9-13-21-12-7-8-14-22-18(24)26-16-17-10-5-4-6-11-17/h4-6,10-11,21H,7-9,12-16H2,1-3H3,(H,22,24)(H,23,25). The second-order valence-corrected chi connectivity index (χ2v) is 7.23. The highest BCUT2D eigenvalue weighted by Crippen LogP contribution is 2.06. The first kappa shape index (κ1) is 22.8. The van der Waals surface area contributed by atoms with Crippen molar-refractivity contribution >= 4 is 12.2 Å². The second-order valence-electron chi connectivity index (χ2n) is 7.23. The summed E-state index contributed by atoms with van der Waals surface area (Å²) in [5.41, 5.74) is 0.502. The number of carbonyl (C=O) groups is 2. The predicted molar refractivity (Wildman–Crippen MR) is 106 cm³/mol.